The van der Waals surface area contributed by atoms with Crippen LogP contribution in [-0.4, -0.2) is 0 Å². The molecule has 0 amide bonds. The molecule has 3 aliphatic carbocycles. The molecule has 5 unspecified atom stereocenters. The second-order valence-electron chi connectivity index (χ2n) is 7.84. The molecule has 3 fully saturated rings. The molecule has 3 aliphatic rings. The van der Waals surface area contributed by atoms with E-state index in [2.05, 4.69) is 20.8 Å². The summed E-state index contributed by atoms with van der Waals surface area (Å²) >= 11 is 0. The quantitative estimate of drug-likeness (QED) is 0.535. The fraction of sp³-hybridized carbons (Fsp3) is 1.00. The molecule has 0 heteroatoms. The zero-order chi connectivity index (χ0) is 12.0. The molecule has 0 heterocycles. The largest absolute Gasteiger partial charge is 0.0625 e. The summed E-state index contributed by atoms with van der Waals surface area (Å²) in [5, 5.41) is 0. The molecule has 0 nitrogen and oxygen atoms in total. The lowest BCUT2D eigenvalue weighted by molar-refractivity contribution is -0.0828. The minimum Gasteiger partial charge on any atom is -0.0625 e. The van der Waals surface area contributed by atoms with E-state index in [4.69, 9.17) is 0 Å². The van der Waals surface area contributed by atoms with Crippen LogP contribution in [0.15, 0.2) is 0 Å². The predicted molar refractivity (Wildman–Crippen MR) is 73.8 cm³/mol. The van der Waals surface area contributed by atoms with Gasteiger partial charge in [-0.05, 0) is 67.1 Å². The maximum Gasteiger partial charge on any atom is -0.0264 e. The minimum atomic E-state index is 0.723. The standard InChI is InChI=1S/C17H30/c1-12-6-8-16-14(11-12)7-9-15-13(2)5-4-10-17(15,16)3/h12-16H,4-11H2,1-3H3/t12?,13?,14?,15?,16?,17-/m1/s1. The minimum absolute atomic E-state index is 0.723. The zero-order valence-electron chi connectivity index (χ0n) is 12.0. The van der Waals surface area contributed by atoms with E-state index in [-0.39, 0.29) is 0 Å². The summed E-state index contributed by atoms with van der Waals surface area (Å²) in [5.74, 6) is 5.25. The normalized spacial score (nSPS) is 54.9. The van der Waals surface area contributed by atoms with Gasteiger partial charge in [-0.2, -0.15) is 0 Å². The molecule has 0 aliphatic heterocycles. The average molecular weight is 234 g/mol. The number of fused-ring (bicyclic) bond motifs is 3. The third-order valence-electron chi connectivity index (χ3n) is 6.85. The summed E-state index contributed by atoms with van der Waals surface area (Å²) < 4.78 is 0. The van der Waals surface area contributed by atoms with Crippen LogP contribution in [0, 0.1) is 35.0 Å². The van der Waals surface area contributed by atoms with Crippen molar-refractivity contribution in [1.82, 2.24) is 0 Å². The van der Waals surface area contributed by atoms with Crippen LogP contribution in [0.5, 0.6) is 0 Å². The predicted octanol–water partition coefficient (Wildman–Crippen LogP) is 5.28. The molecule has 6 atom stereocenters. The first-order chi connectivity index (χ1) is 8.11. The average Bonchev–Trinajstić information content (AvgIpc) is 2.28. The topological polar surface area (TPSA) is 0 Å². The highest BCUT2D eigenvalue weighted by Crippen LogP contribution is 2.60. The van der Waals surface area contributed by atoms with Crippen molar-refractivity contribution in [2.75, 3.05) is 0 Å². The van der Waals surface area contributed by atoms with Crippen LogP contribution in [0.3, 0.4) is 0 Å². The highest BCUT2D eigenvalue weighted by Gasteiger charge is 2.51. The Labute approximate surface area is 108 Å². The Hall–Kier alpha value is 0. The number of hydrogen-bond donors (Lipinski definition) is 0. The third kappa shape index (κ3) is 1.87. The summed E-state index contributed by atoms with van der Waals surface area (Å²) in [4.78, 5) is 0. The van der Waals surface area contributed by atoms with Crippen LogP contribution in [0.4, 0.5) is 0 Å². The molecule has 0 spiro atoms. The van der Waals surface area contributed by atoms with Gasteiger partial charge in [0.2, 0.25) is 0 Å². The van der Waals surface area contributed by atoms with Crippen LogP contribution < -0.4 is 0 Å². The molecular weight excluding hydrogens is 204 g/mol. The number of rotatable bonds is 0. The maximum absolute atomic E-state index is 2.67. The molecule has 98 valence electrons. The van der Waals surface area contributed by atoms with Crippen LogP contribution in [0.25, 0.3) is 0 Å². The smallest absolute Gasteiger partial charge is 0.0264 e. The van der Waals surface area contributed by atoms with Crippen molar-refractivity contribution in [3.05, 3.63) is 0 Å². The van der Waals surface area contributed by atoms with Crippen LogP contribution >= 0.6 is 0 Å². The highest BCUT2D eigenvalue weighted by atomic mass is 14.6. The van der Waals surface area contributed by atoms with Gasteiger partial charge in [-0.1, -0.05) is 40.0 Å². The number of hydrogen-bond acceptors (Lipinski definition) is 0. The summed E-state index contributed by atoms with van der Waals surface area (Å²) in [7, 11) is 0. The monoisotopic (exact) mass is 234 g/mol. The highest BCUT2D eigenvalue weighted by molar-refractivity contribution is 5.01. The maximum atomic E-state index is 2.67. The Kier molecular flexibility index (Phi) is 3.04. The second kappa shape index (κ2) is 4.28. The van der Waals surface area contributed by atoms with Gasteiger partial charge in [0.15, 0.2) is 0 Å². The lowest BCUT2D eigenvalue weighted by Gasteiger charge is -2.58. The van der Waals surface area contributed by atoms with Crippen LogP contribution in [0.2, 0.25) is 0 Å². The van der Waals surface area contributed by atoms with E-state index in [1.165, 1.54) is 25.7 Å². The molecule has 17 heavy (non-hydrogen) atoms. The Bertz CT molecular complexity index is 282. The molecular formula is C17H30. The Morgan fingerprint density at radius 2 is 1.65 bits per heavy atom. The molecule has 0 aromatic heterocycles. The fourth-order valence-corrected chi connectivity index (χ4v) is 6.00. The third-order valence-corrected chi connectivity index (χ3v) is 6.85. The zero-order valence-corrected chi connectivity index (χ0v) is 12.0. The Morgan fingerprint density at radius 3 is 2.47 bits per heavy atom. The van der Waals surface area contributed by atoms with Gasteiger partial charge in [-0.25, -0.2) is 0 Å². The van der Waals surface area contributed by atoms with E-state index in [1.54, 1.807) is 25.7 Å². The summed E-state index contributed by atoms with van der Waals surface area (Å²) in [6, 6.07) is 0. The fourth-order valence-electron chi connectivity index (χ4n) is 6.00. The van der Waals surface area contributed by atoms with E-state index in [1.807, 2.05) is 0 Å². The van der Waals surface area contributed by atoms with E-state index in [0.717, 1.165) is 35.0 Å². The van der Waals surface area contributed by atoms with Crippen LogP contribution in [-0.2, 0) is 0 Å². The Balaban J connectivity index is 1.84. The lowest BCUT2D eigenvalue weighted by Crippen LogP contribution is -2.49. The summed E-state index contributed by atoms with van der Waals surface area (Å²) in [5.41, 5.74) is 0.723. The van der Waals surface area contributed by atoms with Crippen molar-refractivity contribution in [2.24, 2.45) is 35.0 Å². The summed E-state index contributed by atoms with van der Waals surface area (Å²) in [6.07, 6.45) is 12.3. The molecule has 3 saturated carbocycles. The van der Waals surface area contributed by atoms with Gasteiger partial charge in [0.25, 0.3) is 0 Å². The van der Waals surface area contributed by atoms with Crippen molar-refractivity contribution in [1.29, 1.82) is 0 Å². The van der Waals surface area contributed by atoms with Gasteiger partial charge in [0, 0.05) is 0 Å². The van der Waals surface area contributed by atoms with Crippen LogP contribution in [0.1, 0.15) is 72.1 Å². The van der Waals surface area contributed by atoms with E-state index < -0.39 is 0 Å². The molecule has 0 saturated heterocycles. The SMILES string of the molecule is CC1CCC2C(CCC3C(C)CCC[C@]32C)C1. The molecule has 0 bridgehead atoms. The second-order valence-corrected chi connectivity index (χ2v) is 7.84. The van der Waals surface area contributed by atoms with Crippen molar-refractivity contribution in [3.63, 3.8) is 0 Å². The first-order valence-corrected chi connectivity index (χ1v) is 8.11. The van der Waals surface area contributed by atoms with E-state index in [0.29, 0.717) is 0 Å². The molecule has 0 aromatic carbocycles. The Morgan fingerprint density at radius 1 is 0.882 bits per heavy atom. The van der Waals surface area contributed by atoms with Gasteiger partial charge in [-0.15, -0.1) is 0 Å². The van der Waals surface area contributed by atoms with E-state index >= 15 is 0 Å². The molecule has 0 radical (unpaired) electrons. The first kappa shape index (κ1) is 12.1. The first-order valence-electron chi connectivity index (χ1n) is 8.11. The van der Waals surface area contributed by atoms with Crippen molar-refractivity contribution < 1.29 is 0 Å². The van der Waals surface area contributed by atoms with Crippen molar-refractivity contribution in [3.8, 4) is 0 Å². The van der Waals surface area contributed by atoms with Gasteiger partial charge >= 0.3 is 0 Å². The molecule has 0 aromatic rings. The van der Waals surface area contributed by atoms with Crippen molar-refractivity contribution in [2.45, 2.75) is 72.1 Å². The molecule has 0 N–H and O–H groups in total. The summed E-state index contributed by atoms with van der Waals surface area (Å²) in [6.45, 7) is 7.68. The van der Waals surface area contributed by atoms with Crippen molar-refractivity contribution >= 4 is 0 Å². The molecule has 3 rings (SSSR count). The van der Waals surface area contributed by atoms with Gasteiger partial charge in [0.05, 0.1) is 0 Å². The van der Waals surface area contributed by atoms with Gasteiger partial charge in [-0.3, -0.25) is 0 Å². The lowest BCUT2D eigenvalue weighted by atomic mass is 9.47. The van der Waals surface area contributed by atoms with Gasteiger partial charge < -0.3 is 0 Å². The van der Waals surface area contributed by atoms with E-state index in [9.17, 15) is 0 Å². The van der Waals surface area contributed by atoms with Gasteiger partial charge in [0.1, 0.15) is 0 Å².